The van der Waals surface area contributed by atoms with Gasteiger partial charge in [0.25, 0.3) is 16.1 Å². The predicted molar refractivity (Wildman–Crippen MR) is 97.4 cm³/mol. The molecular weight excluding hydrogens is 357 g/mol. The summed E-state index contributed by atoms with van der Waals surface area (Å²) in [6, 6.07) is 5.34. The first-order valence-corrected chi connectivity index (χ1v) is 10.7. The molecule has 0 spiro atoms. The number of piperidine rings is 1. The Morgan fingerprint density at radius 1 is 0.923 bits per heavy atom. The summed E-state index contributed by atoms with van der Waals surface area (Å²) in [5, 5.41) is 2.92. The molecule has 1 N–H and O–H groups in total. The van der Waals surface area contributed by atoms with Crippen LogP contribution >= 0.6 is 0 Å². The van der Waals surface area contributed by atoms with Gasteiger partial charge in [-0.2, -0.15) is 17.0 Å². The first kappa shape index (κ1) is 19.3. The maximum Gasteiger partial charge on any atom is 0.281 e. The Labute approximate surface area is 154 Å². The molecule has 2 aliphatic heterocycles. The molecule has 26 heavy (non-hydrogen) atoms. The number of nitrogens with zero attached hydrogens (tertiary/aromatic N) is 2. The van der Waals surface area contributed by atoms with Crippen molar-refractivity contribution in [2.45, 2.75) is 44.6 Å². The highest BCUT2D eigenvalue weighted by Crippen LogP contribution is 2.20. The van der Waals surface area contributed by atoms with Crippen molar-refractivity contribution in [2.24, 2.45) is 0 Å². The van der Waals surface area contributed by atoms with Gasteiger partial charge < -0.3 is 5.32 Å². The van der Waals surface area contributed by atoms with E-state index < -0.39 is 10.2 Å². The normalized spacial score (nSPS) is 21.3. The lowest BCUT2D eigenvalue weighted by atomic mass is 10.1. The molecule has 2 aliphatic rings. The van der Waals surface area contributed by atoms with Crippen molar-refractivity contribution >= 4 is 16.1 Å². The summed E-state index contributed by atoms with van der Waals surface area (Å²) in [5.41, 5.74) is 0.408. The van der Waals surface area contributed by atoms with Crippen LogP contribution in [0, 0.1) is 5.82 Å². The predicted octanol–water partition coefficient (Wildman–Crippen LogP) is 2.14. The van der Waals surface area contributed by atoms with Gasteiger partial charge in [-0.15, -0.1) is 0 Å². The van der Waals surface area contributed by atoms with E-state index in [9.17, 15) is 17.6 Å². The quantitative estimate of drug-likeness (QED) is 0.866. The fourth-order valence-electron chi connectivity index (χ4n) is 3.54. The standard InChI is InChI=1S/C18H26FN3O3S/c19-16-7-5-15(6-8-16)18(23)20-17-9-13-22(14-10-17)26(24,25)21-11-3-1-2-4-12-21/h5-8,17H,1-4,9-14H2,(H,20,23). The van der Waals surface area contributed by atoms with Gasteiger partial charge in [0, 0.05) is 37.8 Å². The van der Waals surface area contributed by atoms with Gasteiger partial charge in [0.2, 0.25) is 0 Å². The second-order valence-electron chi connectivity index (χ2n) is 6.97. The number of halogens is 1. The molecule has 0 unspecified atom stereocenters. The summed E-state index contributed by atoms with van der Waals surface area (Å²) in [6.07, 6.45) is 5.18. The highest BCUT2D eigenvalue weighted by Gasteiger charge is 2.33. The van der Waals surface area contributed by atoms with E-state index in [-0.39, 0.29) is 17.8 Å². The van der Waals surface area contributed by atoms with E-state index in [1.165, 1.54) is 24.3 Å². The first-order valence-electron chi connectivity index (χ1n) is 9.28. The number of carbonyl (C=O) groups is 1. The van der Waals surface area contributed by atoms with Crippen LogP contribution in [0.25, 0.3) is 0 Å². The highest BCUT2D eigenvalue weighted by molar-refractivity contribution is 7.86. The third-order valence-electron chi connectivity index (χ3n) is 5.11. The Hall–Kier alpha value is -1.51. The van der Waals surface area contributed by atoms with E-state index in [1.54, 1.807) is 8.61 Å². The van der Waals surface area contributed by atoms with Crippen LogP contribution in [0.3, 0.4) is 0 Å². The molecule has 0 atom stereocenters. The Kier molecular flexibility index (Phi) is 6.26. The summed E-state index contributed by atoms with van der Waals surface area (Å²) in [7, 11) is -3.40. The van der Waals surface area contributed by atoms with Crippen molar-refractivity contribution < 1.29 is 17.6 Å². The van der Waals surface area contributed by atoms with E-state index >= 15 is 0 Å². The van der Waals surface area contributed by atoms with Crippen molar-refractivity contribution in [1.29, 1.82) is 0 Å². The lowest BCUT2D eigenvalue weighted by Gasteiger charge is -2.34. The monoisotopic (exact) mass is 383 g/mol. The largest absolute Gasteiger partial charge is 0.349 e. The molecule has 2 heterocycles. The average Bonchev–Trinajstić information content (AvgIpc) is 2.93. The van der Waals surface area contributed by atoms with Crippen LogP contribution in [0.2, 0.25) is 0 Å². The van der Waals surface area contributed by atoms with Gasteiger partial charge in [0.15, 0.2) is 0 Å². The molecule has 6 nitrogen and oxygen atoms in total. The molecule has 2 saturated heterocycles. The fraction of sp³-hybridized carbons (Fsp3) is 0.611. The molecule has 1 amide bonds. The number of hydrogen-bond acceptors (Lipinski definition) is 3. The number of carbonyl (C=O) groups excluding carboxylic acids is 1. The molecule has 0 saturated carbocycles. The van der Waals surface area contributed by atoms with Gasteiger partial charge in [-0.3, -0.25) is 4.79 Å². The number of benzene rings is 1. The van der Waals surface area contributed by atoms with Crippen LogP contribution in [-0.2, 0) is 10.2 Å². The van der Waals surface area contributed by atoms with E-state index in [4.69, 9.17) is 0 Å². The maximum absolute atomic E-state index is 12.9. The minimum atomic E-state index is -3.40. The zero-order valence-corrected chi connectivity index (χ0v) is 15.7. The van der Waals surface area contributed by atoms with Gasteiger partial charge >= 0.3 is 0 Å². The number of hydrogen-bond donors (Lipinski definition) is 1. The van der Waals surface area contributed by atoms with Gasteiger partial charge in [-0.1, -0.05) is 12.8 Å². The van der Waals surface area contributed by atoms with Gasteiger partial charge in [-0.05, 0) is 49.9 Å². The van der Waals surface area contributed by atoms with Crippen LogP contribution in [-0.4, -0.2) is 55.2 Å². The SMILES string of the molecule is O=C(NC1CCN(S(=O)(=O)N2CCCCCC2)CC1)c1ccc(F)cc1. The second-order valence-corrected chi connectivity index (χ2v) is 8.90. The van der Waals surface area contributed by atoms with Crippen molar-refractivity contribution in [3.63, 3.8) is 0 Å². The average molecular weight is 383 g/mol. The summed E-state index contributed by atoms with van der Waals surface area (Å²) in [4.78, 5) is 12.2. The van der Waals surface area contributed by atoms with Crippen LogP contribution in [0.1, 0.15) is 48.9 Å². The van der Waals surface area contributed by atoms with Crippen LogP contribution < -0.4 is 5.32 Å². The topological polar surface area (TPSA) is 69.7 Å². The number of amides is 1. The summed E-state index contributed by atoms with van der Waals surface area (Å²) >= 11 is 0. The summed E-state index contributed by atoms with van der Waals surface area (Å²) < 4.78 is 41.7. The fourth-order valence-corrected chi connectivity index (χ4v) is 5.26. The maximum atomic E-state index is 12.9. The number of rotatable bonds is 4. The summed E-state index contributed by atoms with van der Waals surface area (Å²) in [6.45, 7) is 2.02. The Balaban J connectivity index is 1.53. The Morgan fingerprint density at radius 3 is 2.04 bits per heavy atom. The molecule has 2 fully saturated rings. The molecule has 1 aromatic rings. The number of nitrogens with one attached hydrogen (secondary N) is 1. The third kappa shape index (κ3) is 4.61. The smallest absolute Gasteiger partial charge is 0.281 e. The van der Waals surface area contributed by atoms with Crippen molar-refractivity contribution in [3.05, 3.63) is 35.6 Å². The molecule has 0 radical (unpaired) electrons. The first-order chi connectivity index (χ1) is 12.5. The lowest BCUT2D eigenvalue weighted by molar-refractivity contribution is 0.0923. The summed E-state index contributed by atoms with van der Waals surface area (Å²) in [5.74, 6) is -0.632. The van der Waals surface area contributed by atoms with Crippen molar-refractivity contribution in [3.8, 4) is 0 Å². The molecule has 0 aromatic heterocycles. The van der Waals surface area contributed by atoms with Crippen LogP contribution in [0.4, 0.5) is 4.39 Å². The minimum Gasteiger partial charge on any atom is -0.349 e. The Morgan fingerprint density at radius 2 is 1.46 bits per heavy atom. The van der Waals surface area contributed by atoms with E-state index in [0.717, 1.165) is 25.7 Å². The van der Waals surface area contributed by atoms with Crippen LogP contribution in [0.15, 0.2) is 24.3 Å². The zero-order chi connectivity index (χ0) is 18.6. The van der Waals surface area contributed by atoms with Crippen molar-refractivity contribution in [2.75, 3.05) is 26.2 Å². The molecule has 144 valence electrons. The molecular formula is C18H26FN3O3S. The third-order valence-corrected chi connectivity index (χ3v) is 7.15. The Bertz CT molecular complexity index is 708. The van der Waals surface area contributed by atoms with E-state index in [0.29, 0.717) is 44.6 Å². The molecule has 3 rings (SSSR count). The van der Waals surface area contributed by atoms with E-state index in [2.05, 4.69) is 5.32 Å². The van der Waals surface area contributed by atoms with Gasteiger partial charge in [0.1, 0.15) is 5.82 Å². The molecule has 8 heteroatoms. The zero-order valence-electron chi connectivity index (χ0n) is 14.9. The molecule has 0 bridgehead atoms. The van der Waals surface area contributed by atoms with Crippen LogP contribution in [0.5, 0.6) is 0 Å². The second kappa shape index (κ2) is 8.45. The lowest BCUT2D eigenvalue weighted by Crippen LogP contribution is -2.51. The van der Waals surface area contributed by atoms with Gasteiger partial charge in [0.05, 0.1) is 0 Å². The van der Waals surface area contributed by atoms with E-state index in [1.807, 2.05) is 0 Å². The molecule has 1 aromatic carbocycles. The van der Waals surface area contributed by atoms with Crippen molar-refractivity contribution in [1.82, 2.24) is 13.9 Å². The minimum absolute atomic E-state index is 0.0665. The van der Waals surface area contributed by atoms with Gasteiger partial charge in [-0.25, -0.2) is 4.39 Å². The highest BCUT2D eigenvalue weighted by atomic mass is 32.2. The molecule has 0 aliphatic carbocycles.